The number of hydrogen-bond donors (Lipinski definition) is 1. The largest absolute Gasteiger partial charge is 0.377 e. The highest BCUT2D eigenvalue weighted by Gasteiger charge is 2.10. The molecule has 0 bridgehead atoms. The number of nitrogens with zero attached hydrogens (tertiary/aromatic N) is 2. The quantitative estimate of drug-likeness (QED) is 0.784. The molecule has 106 valence electrons. The SMILES string of the molecule is Cc1cc(-c2n[nH]c(=O)c3ccccc23)ccc1N(C)C. The summed E-state index contributed by atoms with van der Waals surface area (Å²) in [6.07, 6.45) is 0. The van der Waals surface area contributed by atoms with Crippen LogP contribution < -0.4 is 10.5 Å². The van der Waals surface area contributed by atoms with Gasteiger partial charge in [-0.3, -0.25) is 4.79 Å². The minimum atomic E-state index is -0.156. The molecule has 0 amide bonds. The zero-order valence-electron chi connectivity index (χ0n) is 12.3. The fourth-order valence-electron chi connectivity index (χ4n) is 2.64. The Balaban J connectivity index is 2.24. The fourth-order valence-corrected chi connectivity index (χ4v) is 2.64. The van der Waals surface area contributed by atoms with Crippen molar-refractivity contribution in [2.24, 2.45) is 0 Å². The molecule has 0 fully saturated rings. The third-order valence-electron chi connectivity index (χ3n) is 3.65. The van der Waals surface area contributed by atoms with Gasteiger partial charge in [-0.2, -0.15) is 5.10 Å². The lowest BCUT2D eigenvalue weighted by molar-refractivity contribution is 1.02. The Labute approximate surface area is 123 Å². The van der Waals surface area contributed by atoms with E-state index in [4.69, 9.17) is 0 Å². The van der Waals surface area contributed by atoms with Crippen LogP contribution in [-0.4, -0.2) is 24.3 Å². The average molecular weight is 279 g/mol. The zero-order valence-corrected chi connectivity index (χ0v) is 12.3. The van der Waals surface area contributed by atoms with E-state index in [0.29, 0.717) is 5.39 Å². The molecular formula is C17H17N3O. The number of aromatic amines is 1. The van der Waals surface area contributed by atoms with Crippen molar-refractivity contribution in [1.82, 2.24) is 10.2 Å². The van der Waals surface area contributed by atoms with Crippen molar-refractivity contribution in [3.05, 3.63) is 58.4 Å². The van der Waals surface area contributed by atoms with Crippen LogP contribution in [0.15, 0.2) is 47.3 Å². The molecule has 0 atom stereocenters. The molecule has 1 N–H and O–H groups in total. The van der Waals surface area contributed by atoms with Gasteiger partial charge in [-0.15, -0.1) is 0 Å². The Morgan fingerprint density at radius 3 is 2.43 bits per heavy atom. The Bertz CT molecular complexity index is 865. The number of H-pyrrole nitrogens is 1. The molecule has 0 spiro atoms. The molecule has 3 rings (SSSR count). The lowest BCUT2D eigenvalue weighted by Gasteiger charge is -2.16. The van der Waals surface area contributed by atoms with E-state index in [1.54, 1.807) is 0 Å². The van der Waals surface area contributed by atoms with Crippen molar-refractivity contribution < 1.29 is 0 Å². The highest BCUT2D eigenvalue weighted by atomic mass is 16.1. The Morgan fingerprint density at radius 1 is 1.05 bits per heavy atom. The standard InChI is InChI=1S/C17H17N3O/c1-11-10-12(8-9-15(11)20(2)3)16-13-6-4-5-7-14(13)17(21)19-18-16/h4-10H,1-3H3,(H,19,21). The normalized spacial score (nSPS) is 10.8. The number of hydrogen-bond acceptors (Lipinski definition) is 3. The minimum absolute atomic E-state index is 0.156. The Kier molecular flexibility index (Phi) is 3.22. The summed E-state index contributed by atoms with van der Waals surface area (Å²) in [5.41, 5.74) is 4.00. The van der Waals surface area contributed by atoms with Crippen LogP contribution in [0.5, 0.6) is 0 Å². The predicted molar refractivity (Wildman–Crippen MR) is 86.9 cm³/mol. The van der Waals surface area contributed by atoms with Gasteiger partial charge in [0, 0.05) is 30.7 Å². The summed E-state index contributed by atoms with van der Waals surface area (Å²) in [5, 5.41) is 8.36. The van der Waals surface area contributed by atoms with Crippen LogP contribution in [0.2, 0.25) is 0 Å². The predicted octanol–water partition coefficient (Wildman–Crippen LogP) is 2.96. The molecule has 0 radical (unpaired) electrons. The smallest absolute Gasteiger partial charge is 0.272 e. The van der Waals surface area contributed by atoms with Crippen LogP contribution in [0.3, 0.4) is 0 Å². The molecule has 4 heteroatoms. The number of rotatable bonds is 2. The summed E-state index contributed by atoms with van der Waals surface area (Å²) in [6, 6.07) is 13.8. The van der Waals surface area contributed by atoms with Crippen molar-refractivity contribution >= 4 is 16.5 Å². The number of nitrogens with one attached hydrogen (secondary N) is 1. The molecule has 3 aromatic rings. The van der Waals surface area contributed by atoms with Crippen molar-refractivity contribution in [2.45, 2.75) is 6.92 Å². The molecule has 0 aliphatic heterocycles. The Hall–Kier alpha value is -2.62. The van der Waals surface area contributed by atoms with Gasteiger partial charge in [0.1, 0.15) is 0 Å². The van der Waals surface area contributed by atoms with E-state index in [2.05, 4.69) is 34.2 Å². The van der Waals surface area contributed by atoms with Crippen molar-refractivity contribution in [2.75, 3.05) is 19.0 Å². The van der Waals surface area contributed by atoms with Gasteiger partial charge in [0.05, 0.1) is 11.1 Å². The van der Waals surface area contributed by atoms with Gasteiger partial charge in [-0.1, -0.05) is 24.3 Å². The second-order valence-electron chi connectivity index (χ2n) is 5.34. The number of anilines is 1. The first kappa shape index (κ1) is 13.4. The highest BCUT2D eigenvalue weighted by molar-refractivity contribution is 5.93. The van der Waals surface area contributed by atoms with Crippen LogP contribution in [-0.2, 0) is 0 Å². The summed E-state index contributed by atoms with van der Waals surface area (Å²) in [7, 11) is 4.05. The van der Waals surface area contributed by atoms with Crippen molar-refractivity contribution in [1.29, 1.82) is 0 Å². The van der Waals surface area contributed by atoms with Crippen molar-refractivity contribution in [3.63, 3.8) is 0 Å². The molecule has 1 aromatic heterocycles. The van der Waals surface area contributed by atoms with Crippen LogP contribution in [0.1, 0.15) is 5.56 Å². The van der Waals surface area contributed by atoms with E-state index in [9.17, 15) is 4.79 Å². The molecule has 4 nitrogen and oxygen atoms in total. The third kappa shape index (κ3) is 2.29. The molecule has 0 aliphatic carbocycles. The molecular weight excluding hydrogens is 262 g/mol. The van der Waals surface area contributed by atoms with Gasteiger partial charge in [-0.05, 0) is 30.7 Å². The first-order valence-corrected chi connectivity index (χ1v) is 6.83. The van der Waals surface area contributed by atoms with E-state index >= 15 is 0 Å². The summed E-state index contributed by atoms with van der Waals surface area (Å²) in [6.45, 7) is 2.08. The van der Waals surface area contributed by atoms with Gasteiger partial charge in [-0.25, -0.2) is 5.10 Å². The second-order valence-corrected chi connectivity index (χ2v) is 5.34. The molecule has 1 heterocycles. The maximum Gasteiger partial charge on any atom is 0.272 e. The summed E-state index contributed by atoms with van der Waals surface area (Å²) >= 11 is 0. The van der Waals surface area contributed by atoms with Gasteiger partial charge in [0.25, 0.3) is 5.56 Å². The summed E-state index contributed by atoms with van der Waals surface area (Å²) in [4.78, 5) is 13.9. The first-order valence-electron chi connectivity index (χ1n) is 6.83. The summed E-state index contributed by atoms with van der Waals surface area (Å²) in [5.74, 6) is 0. The zero-order chi connectivity index (χ0) is 15.0. The molecule has 0 saturated carbocycles. The molecule has 0 unspecified atom stereocenters. The third-order valence-corrected chi connectivity index (χ3v) is 3.65. The number of aromatic nitrogens is 2. The van der Waals surface area contributed by atoms with E-state index in [1.807, 2.05) is 44.4 Å². The number of fused-ring (bicyclic) bond motifs is 1. The van der Waals surface area contributed by atoms with Crippen molar-refractivity contribution in [3.8, 4) is 11.3 Å². The highest BCUT2D eigenvalue weighted by Crippen LogP contribution is 2.28. The van der Waals surface area contributed by atoms with Crippen LogP contribution in [0.25, 0.3) is 22.0 Å². The average Bonchev–Trinajstić information content (AvgIpc) is 2.47. The fraction of sp³-hybridized carbons (Fsp3) is 0.176. The topological polar surface area (TPSA) is 49.0 Å². The van der Waals surface area contributed by atoms with Gasteiger partial charge in [0.2, 0.25) is 0 Å². The van der Waals surface area contributed by atoms with Gasteiger partial charge < -0.3 is 4.90 Å². The molecule has 0 saturated heterocycles. The molecule has 21 heavy (non-hydrogen) atoms. The number of benzene rings is 2. The van der Waals surface area contributed by atoms with Crippen LogP contribution >= 0.6 is 0 Å². The number of aryl methyl sites for hydroxylation is 1. The second kappa shape index (κ2) is 5.05. The summed E-state index contributed by atoms with van der Waals surface area (Å²) < 4.78 is 0. The monoisotopic (exact) mass is 279 g/mol. The first-order chi connectivity index (χ1) is 10.1. The molecule has 0 aliphatic rings. The van der Waals surface area contributed by atoms with Gasteiger partial charge in [0.15, 0.2) is 0 Å². The van der Waals surface area contributed by atoms with Crippen LogP contribution in [0, 0.1) is 6.92 Å². The molecule has 2 aromatic carbocycles. The minimum Gasteiger partial charge on any atom is -0.377 e. The Morgan fingerprint density at radius 2 is 1.76 bits per heavy atom. The van der Waals surface area contributed by atoms with E-state index < -0.39 is 0 Å². The lowest BCUT2D eigenvalue weighted by Crippen LogP contribution is -2.11. The maximum atomic E-state index is 11.8. The van der Waals surface area contributed by atoms with E-state index in [1.165, 1.54) is 11.3 Å². The van der Waals surface area contributed by atoms with E-state index in [-0.39, 0.29) is 5.56 Å². The van der Waals surface area contributed by atoms with E-state index in [0.717, 1.165) is 16.6 Å². The lowest BCUT2D eigenvalue weighted by atomic mass is 10.0. The van der Waals surface area contributed by atoms with Gasteiger partial charge >= 0.3 is 0 Å². The maximum absolute atomic E-state index is 11.8. The van der Waals surface area contributed by atoms with Crippen LogP contribution in [0.4, 0.5) is 5.69 Å².